The van der Waals surface area contributed by atoms with Gasteiger partial charge in [0.2, 0.25) is 0 Å². The van der Waals surface area contributed by atoms with Gasteiger partial charge in [0.1, 0.15) is 17.0 Å². The highest BCUT2D eigenvalue weighted by molar-refractivity contribution is 5.95. The number of aromatic nitrogens is 2. The minimum absolute atomic E-state index is 0.0673. The quantitative estimate of drug-likeness (QED) is 0.646. The maximum atomic E-state index is 11.4. The van der Waals surface area contributed by atoms with Crippen LogP contribution in [0.1, 0.15) is 44.1 Å². The number of rotatable bonds is 2. The molecule has 0 aliphatic carbocycles. The number of hydrogen-bond donors (Lipinski definition) is 3. The van der Waals surface area contributed by atoms with E-state index in [-0.39, 0.29) is 36.2 Å². The van der Waals surface area contributed by atoms with Crippen molar-refractivity contribution in [1.82, 2.24) is 20.8 Å². The summed E-state index contributed by atoms with van der Waals surface area (Å²) in [5, 5.41) is 15.8. The molecule has 0 bridgehead atoms. The van der Waals surface area contributed by atoms with Crippen LogP contribution in [-0.2, 0) is 9.53 Å². The van der Waals surface area contributed by atoms with Crippen molar-refractivity contribution in [2.24, 2.45) is 0 Å². The number of ether oxygens (including phenoxy) is 2. The fourth-order valence-electron chi connectivity index (χ4n) is 2.41. The number of piperidine rings is 1. The molecule has 2 amide bonds. The molecule has 27 heavy (non-hydrogen) atoms. The first kappa shape index (κ1) is 20.6. The van der Waals surface area contributed by atoms with E-state index in [9.17, 15) is 14.4 Å². The number of amides is 2. The average Bonchev–Trinajstić information content (AvgIpc) is 2.60. The SMILES string of the molecule is CC(C)(C)OC(=O)NC1CCNCC1.O=Cc1cc2c(nn1)OCC(=O)N2. The average molecular weight is 379 g/mol. The summed E-state index contributed by atoms with van der Waals surface area (Å²) < 4.78 is 10.1. The molecule has 1 fully saturated rings. The number of aldehydes is 1. The summed E-state index contributed by atoms with van der Waals surface area (Å²) in [5.74, 6) is -0.0254. The van der Waals surface area contributed by atoms with Crippen LogP contribution >= 0.6 is 0 Å². The van der Waals surface area contributed by atoms with Gasteiger partial charge in [-0.1, -0.05) is 0 Å². The molecular formula is C17H25N5O5. The third-order valence-electron chi connectivity index (χ3n) is 3.57. The van der Waals surface area contributed by atoms with Gasteiger partial charge in [0.25, 0.3) is 11.8 Å². The van der Waals surface area contributed by atoms with Crippen molar-refractivity contribution in [2.75, 3.05) is 25.0 Å². The van der Waals surface area contributed by atoms with Crippen molar-refractivity contribution >= 4 is 24.0 Å². The van der Waals surface area contributed by atoms with Crippen LogP contribution < -0.4 is 20.7 Å². The second kappa shape index (κ2) is 9.26. The zero-order valence-corrected chi connectivity index (χ0v) is 15.7. The van der Waals surface area contributed by atoms with Gasteiger partial charge in [0.05, 0.1) is 0 Å². The van der Waals surface area contributed by atoms with Crippen molar-refractivity contribution < 1.29 is 23.9 Å². The molecule has 10 nitrogen and oxygen atoms in total. The monoisotopic (exact) mass is 379 g/mol. The van der Waals surface area contributed by atoms with Gasteiger partial charge >= 0.3 is 6.09 Å². The fourth-order valence-corrected chi connectivity index (χ4v) is 2.41. The van der Waals surface area contributed by atoms with E-state index >= 15 is 0 Å². The lowest BCUT2D eigenvalue weighted by molar-refractivity contribution is -0.118. The Morgan fingerprint density at radius 1 is 1.33 bits per heavy atom. The van der Waals surface area contributed by atoms with Crippen LogP contribution in [0.4, 0.5) is 10.5 Å². The number of nitrogens with zero attached hydrogens (tertiary/aromatic N) is 2. The van der Waals surface area contributed by atoms with E-state index in [1.807, 2.05) is 20.8 Å². The number of nitrogens with one attached hydrogen (secondary N) is 3. The van der Waals surface area contributed by atoms with Crippen LogP contribution in [0.15, 0.2) is 6.07 Å². The van der Waals surface area contributed by atoms with Crippen LogP contribution in [0.5, 0.6) is 5.88 Å². The molecule has 10 heteroatoms. The lowest BCUT2D eigenvalue weighted by atomic mass is 10.1. The van der Waals surface area contributed by atoms with Gasteiger partial charge in [-0.15, -0.1) is 10.2 Å². The van der Waals surface area contributed by atoms with Gasteiger partial charge in [-0.05, 0) is 52.8 Å². The third kappa shape index (κ3) is 7.18. The summed E-state index contributed by atoms with van der Waals surface area (Å²) in [7, 11) is 0. The molecule has 0 atom stereocenters. The Morgan fingerprint density at radius 3 is 2.67 bits per heavy atom. The molecule has 0 spiro atoms. The molecule has 1 saturated heterocycles. The van der Waals surface area contributed by atoms with Gasteiger partial charge < -0.3 is 25.4 Å². The smallest absolute Gasteiger partial charge is 0.407 e. The second-order valence-electron chi connectivity index (χ2n) is 7.11. The molecule has 0 saturated carbocycles. The van der Waals surface area contributed by atoms with Crippen molar-refractivity contribution in [1.29, 1.82) is 0 Å². The largest absolute Gasteiger partial charge is 0.465 e. The highest BCUT2D eigenvalue weighted by Crippen LogP contribution is 2.23. The van der Waals surface area contributed by atoms with Crippen molar-refractivity contribution in [3.63, 3.8) is 0 Å². The minimum Gasteiger partial charge on any atom is -0.465 e. The maximum absolute atomic E-state index is 11.4. The highest BCUT2D eigenvalue weighted by atomic mass is 16.6. The Morgan fingerprint density at radius 2 is 2.04 bits per heavy atom. The van der Waals surface area contributed by atoms with Crippen LogP contribution in [0.2, 0.25) is 0 Å². The Hall–Kier alpha value is -2.75. The molecule has 0 aromatic carbocycles. The number of hydrogen-bond acceptors (Lipinski definition) is 8. The molecule has 1 aromatic heterocycles. The number of anilines is 1. The lowest BCUT2D eigenvalue weighted by Gasteiger charge is -2.26. The van der Waals surface area contributed by atoms with Crippen LogP contribution in [0.25, 0.3) is 0 Å². The first-order valence-electron chi connectivity index (χ1n) is 8.72. The van der Waals surface area contributed by atoms with Gasteiger partial charge in [0.15, 0.2) is 12.9 Å². The Balaban J connectivity index is 0.000000194. The van der Waals surface area contributed by atoms with Gasteiger partial charge in [-0.3, -0.25) is 9.59 Å². The predicted molar refractivity (Wildman–Crippen MR) is 96.8 cm³/mol. The normalized spacial score (nSPS) is 16.6. The van der Waals surface area contributed by atoms with Gasteiger partial charge in [0, 0.05) is 6.04 Å². The maximum Gasteiger partial charge on any atom is 0.407 e. The van der Waals surface area contributed by atoms with Crippen molar-refractivity contribution in [2.45, 2.75) is 45.3 Å². The third-order valence-corrected chi connectivity index (χ3v) is 3.57. The topological polar surface area (TPSA) is 132 Å². The van der Waals surface area contributed by atoms with Gasteiger partial charge in [-0.2, -0.15) is 0 Å². The Kier molecular flexibility index (Phi) is 7.05. The summed E-state index contributed by atoms with van der Waals surface area (Å²) in [6, 6.07) is 1.68. The first-order valence-corrected chi connectivity index (χ1v) is 8.72. The molecule has 0 unspecified atom stereocenters. The number of fused-ring (bicyclic) bond motifs is 1. The van der Waals surface area contributed by atoms with E-state index in [0.29, 0.717) is 12.0 Å². The number of carbonyl (C=O) groups excluding carboxylic acids is 3. The van der Waals surface area contributed by atoms with Crippen LogP contribution in [-0.4, -0.2) is 59.8 Å². The van der Waals surface area contributed by atoms with E-state index in [0.717, 1.165) is 25.9 Å². The Labute approximate surface area is 157 Å². The summed E-state index contributed by atoms with van der Waals surface area (Å²) in [4.78, 5) is 32.5. The molecule has 2 aliphatic heterocycles. The molecule has 148 valence electrons. The molecule has 2 aliphatic rings. The molecular weight excluding hydrogens is 354 g/mol. The number of carbonyl (C=O) groups is 3. The zero-order valence-electron chi connectivity index (χ0n) is 15.7. The molecule has 0 radical (unpaired) electrons. The van der Waals surface area contributed by atoms with Crippen molar-refractivity contribution in [3.05, 3.63) is 11.8 Å². The van der Waals surface area contributed by atoms with Crippen molar-refractivity contribution in [3.8, 4) is 5.88 Å². The summed E-state index contributed by atoms with van der Waals surface area (Å²) in [6.45, 7) is 7.49. The van der Waals surface area contributed by atoms with E-state index in [1.165, 1.54) is 6.07 Å². The first-order chi connectivity index (χ1) is 12.8. The van der Waals surface area contributed by atoms with Gasteiger partial charge in [-0.25, -0.2) is 4.79 Å². The fraction of sp³-hybridized carbons (Fsp3) is 0.588. The van der Waals surface area contributed by atoms with E-state index in [4.69, 9.17) is 9.47 Å². The summed E-state index contributed by atoms with van der Waals surface area (Å²) >= 11 is 0. The highest BCUT2D eigenvalue weighted by Gasteiger charge is 2.20. The lowest BCUT2D eigenvalue weighted by Crippen LogP contribution is -2.44. The van der Waals surface area contributed by atoms with Crippen LogP contribution in [0, 0.1) is 0 Å². The minimum atomic E-state index is -0.406. The summed E-state index contributed by atoms with van der Waals surface area (Å²) in [6.07, 6.45) is 2.22. The van der Waals surface area contributed by atoms with E-state index < -0.39 is 5.60 Å². The summed E-state index contributed by atoms with van der Waals surface area (Å²) in [5.41, 5.74) is 0.134. The molecule has 3 N–H and O–H groups in total. The Bertz CT molecular complexity index is 683. The van der Waals surface area contributed by atoms with E-state index in [1.54, 1.807) is 0 Å². The number of alkyl carbamates (subject to hydrolysis) is 1. The van der Waals surface area contributed by atoms with E-state index in [2.05, 4.69) is 26.1 Å². The zero-order chi connectivity index (χ0) is 19.9. The van der Waals surface area contributed by atoms with Crippen LogP contribution in [0.3, 0.4) is 0 Å². The standard InChI is InChI=1S/C10H20N2O2.C7H5N3O3/c1-10(2,3)14-9(13)12-8-4-6-11-7-5-8;11-2-4-1-5-7(10-9-4)13-3-6(12)8-5/h8,11H,4-7H2,1-3H3,(H,12,13);1-2H,3H2,(H,8,12). The molecule has 3 rings (SSSR count). The molecule has 1 aromatic rings. The second-order valence-corrected chi connectivity index (χ2v) is 7.11. The molecule has 3 heterocycles. The predicted octanol–water partition coefficient (Wildman–Crippen LogP) is 0.883.